The lowest BCUT2D eigenvalue weighted by molar-refractivity contribution is -0.155. The van der Waals surface area contributed by atoms with Crippen LogP contribution in [0.5, 0.6) is 0 Å². The average molecular weight is 663 g/mol. The maximum atomic E-state index is 12.4. The highest BCUT2D eigenvalue weighted by atomic mass is 16.2. The van der Waals surface area contributed by atoms with E-state index in [0.29, 0.717) is 11.8 Å². The Hall–Kier alpha value is -4.67. The topological polar surface area (TPSA) is 188 Å². The van der Waals surface area contributed by atoms with Crippen LogP contribution in [0.4, 0.5) is 0 Å². The van der Waals surface area contributed by atoms with Crippen molar-refractivity contribution in [2.45, 2.75) is 80.1 Å². The standard InChI is InChI=1S/C37H42O11/c1-19-9-11-21(3)36(5,6)25(19)15-13-23(38)17-27(40)29(42)31(44)33(46)35(48)34(47)32(45)30(43)28(41)18-24(39)14-16-26-20(2)10-12-22(4)37(26,7)8/h13-16,21-22,25-26H,1-2,9-12,17-18H2,3-8H3/b15-13+,16-14+/t21-,22+,25-,26-/m0/s1. The first-order valence-corrected chi connectivity index (χ1v) is 15.7. The molecule has 4 atom stereocenters. The third-order valence-corrected chi connectivity index (χ3v) is 10.2. The largest absolute Gasteiger partial charge is 0.294 e. The lowest BCUT2D eigenvalue weighted by Gasteiger charge is -2.44. The van der Waals surface area contributed by atoms with Crippen molar-refractivity contribution in [3.8, 4) is 0 Å². The molecule has 0 aromatic carbocycles. The predicted molar refractivity (Wildman–Crippen MR) is 172 cm³/mol. The summed E-state index contributed by atoms with van der Waals surface area (Å²) in [5.41, 5.74) is 1.26. The maximum absolute atomic E-state index is 12.4. The highest BCUT2D eigenvalue weighted by Gasteiger charge is 2.43. The summed E-state index contributed by atoms with van der Waals surface area (Å²) in [7, 11) is 0. The van der Waals surface area contributed by atoms with Crippen molar-refractivity contribution in [2.75, 3.05) is 0 Å². The third kappa shape index (κ3) is 8.81. The van der Waals surface area contributed by atoms with Crippen LogP contribution in [-0.2, 0) is 52.7 Å². The number of hydrogen-bond donors (Lipinski definition) is 0. The van der Waals surface area contributed by atoms with E-state index in [4.69, 9.17) is 0 Å². The lowest BCUT2D eigenvalue weighted by Crippen LogP contribution is -2.43. The minimum absolute atomic E-state index is 0.206. The number of allylic oxidation sites excluding steroid dienone is 6. The van der Waals surface area contributed by atoms with Crippen molar-refractivity contribution in [3.63, 3.8) is 0 Å². The Morgan fingerprint density at radius 3 is 1.10 bits per heavy atom. The van der Waals surface area contributed by atoms with E-state index in [1.165, 1.54) is 0 Å². The van der Waals surface area contributed by atoms with E-state index >= 15 is 0 Å². The summed E-state index contributed by atoms with van der Waals surface area (Å²) in [5, 5.41) is 0. The molecule has 0 spiro atoms. The van der Waals surface area contributed by atoms with Gasteiger partial charge in [0.25, 0.3) is 40.5 Å². The molecule has 2 fully saturated rings. The van der Waals surface area contributed by atoms with Gasteiger partial charge in [-0.3, -0.25) is 52.7 Å². The number of carbonyl (C=O) groups is 11. The normalized spacial score (nSPS) is 23.4. The minimum atomic E-state index is -2.43. The molecule has 0 radical (unpaired) electrons. The van der Waals surface area contributed by atoms with Crippen molar-refractivity contribution < 1.29 is 52.7 Å². The predicted octanol–water partition coefficient (Wildman–Crippen LogP) is 3.40. The lowest BCUT2D eigenvalue weighted by atomic mass is 9.61. The molecule has 48 heavy (non-hydrogen) atoms. The molecule has 0 N–H and O–H groups in total. The van der Waals surface area contributed by atoms with Crippen LogP contribution in [0.15, 0.2) is 48.6 Å². The molecule has 2 saturated carbocycles. The van der Waals surface area contributed by atoms with Gasteiger partial charge < -0.3 is 0 Å². The number of hydrogen-bond acceptors (Lipinski definition) is 11. The number of rotatable bonds is 16. The van der Waals surface area contributed by atoms with Gasteiger partial charge in [-0.1, -0.05) is 78.0 Å². The van der Waals surface area contributed by atoms with Gasteiger partial charge in [-0.2, -0.15) is 0 Å². The summed E-state index contributed by atoms with van der Waals surface area (Å²) >= 11 is 0. The Labute approximate surface area is 279 Å². The van der Waals surface area contributed by atoms with Crippen LogP contribution in [0.2, 0.25) is 0 Å². The van der Waals surface area contributed by atoms with Crippen LogP contribution in [0, 0.1) is 34.5 Å². The molecule has 11 heteroatoms. The molecule has 2 aliphatic rings. The highest BCUT2D eigenvalue weighted by Crippen LogP contribution is 2.48. The highest BCUT2D eigenvalue weighted by molar-refractivity contribution is 7.00. The molecule has 0 aromatic heterocycles. The number of carbonyl (C=O) groups excluding carboxylic acids is 11. The van der Waals surface area contributed by atoms with Gasteiger partial charge in [0, 0.05) is 11.8 Å². The second-order valence-electron chi connectivity index (χ2n) is 13.9. The van der Waals surface area contributed by atoms with Gasteiger partial charge in [-0.05, 0) is 60.5 Å². The zero-order chi connectivity index (χ0) is 36.9. The first kappa shape index (κ1) is 39.5. The smallest absolute Gasteiger partial charge is 0.281 e. The molecule has 0 bridgehead atoms. The van der Waals surface area contributed by atoms with Crippen molar-refractivity contribution in [2.24, 2.45) is 34.5 Å². The average Bonchev–Trinajstić information content (AvgIpc) is 3.01. The summed E-state index contributed by atoms with van der Waals surface area (Å²) in [6, 6.07) is 0. The Balaban J connectivity index is 1.98. The molecule has 0 aromatic rings. The van der Waals surface area contributed by atoms with Gasteiger partial charge >= 0.3 is 0 Å². The fraction of sp³-hybridized carbons (Fsp3) is 0.486. The summed E-state index contributed by atoms with van der Waals surface area (Å²) < 4.78 is 0. The minimum Gasteiger partial charge on any atom is -0.294 e. The molecule has 2 aliphatic carbocycles. The summed E-state index contributed by atoms with van der Waals surface area (Å²) in [6.45, 7) is 20.2. The van der Waals surface area contributed by atoms with Gasteiger partial charge in [-0.15, -0.1) is 0 Å². The van der Waals surface area contributed by atoms with Crippen LogP contribution >= 0.6 is 0 Å². The first-order chi connectivity index (χ1) is 22.0. The monoisotopic (exact) mass is 662 g/mol. The molecule has 0 heterocycles. The SMILES string of the molecule is C=C1CC[C@@H](C)C(C)(C)[C@H]1/C=C/C(=O)CC(=O)C(=O)C(=O)C(=O)C(=O)C(=O)C(=O)C(=O)C(=O)CC(=O)/C=C/[C@H]1C(=C)CC[C@H](C)C1(C)C. The van der Waals surface area contributed by atoms with E-state index in [9.17, 15) is 52.7 Å². The van der Waals surface area contributed by atoms with Gasteiger partial charge in [0.2, 0.25) is 11.6 Å². The molecule has 256 valence electrons. The van der Waals surface area contributed by atoms with Crippen LogP contribution in [-0.4, -0.2) is 63.6 Å². The Morgan fingerprint density at radius 2 is 0.812 bits per heavy atom. The summed E-state index contributed by atoms with van der Waals surface area (Å²) in [5.74, 6) is -20.8. The molecule has 0 aliphatic heterocycles. The van der Waals surface area contributed by atoms with Crippen LogP contribution < -0.4 is 0 Å². The zero-order valence-corrected chi connectivity index (χ0v) is 28.3. The van der Waals surface area contributed by atoms with Crippen molar-refractivity contribution >= 4 is 63.6 Å². The van der Waals surface area contributed by atoms with E-state index < -0.39 is 76.5 Å². The Bertz CT molecular complexity index is 1480. The van der Waals surface area contributed by atoms with E-state index in [1.807, 2.05) is 27.7 Å². The Morgan fingerprint density at radius 1 is 0.542 bits per heavy atom. The van der Waals surface area contributed by atoms with Crippen molar-refractivity contribution in [1.29, 1.82) is 0 Å². The molecule has 0 saturated heterocycles. The van der Waals surface area contributed by atoms with Gasteiger partial charge in [-0.25, -0.2) is 0 Å². The molecule has 2 rings (SSSR count). The second-order valence-corrected chi connectivity index (χ2v) is 13.9. The van der Waals surface area contributed by atoms with Crippen LogP contribution in [0.1, 0.15) is 80.1 Å². The quantitative estimate of drug-likeness (QED) is 0.102. The van der Waals surface area contributed by atoms with E-state index in [2.05, 4.69) is 27.0 Å². The molecule has 0 amide bonds. The van der Waals surface area contributed by atoms with Crippen LogP contribution in [0.3, 0.4) is 0 Å². The fourth-order valence-corrected chi connectivity index (χ4v) is 6.06. The van der Waals surface area contributed by atoms with Crippen LogP contribution in [0.25, 0.3) is 0 Å². The second kappa shape index (κ2) is 15.5. The van der Waals surface area contributed by atoms with Crippen molar-refractivity contribution in [1.82, 2.24) is 0 Å². The first-order valence-electron chi connectivity index (χ1n) is 15.7. The van der Waals surface area contributed by atoms with Crippen molar-refractivity contribution in [3.05, 3.63) is 48.6 Å². The molecule has 11 nitrogen and oxygen atoms in total. The molecular weight excluding hydrogens is 620 g/mol. The zero-order valence-electron chi connectivity index (χ0n) is 28.3. The third-order valence-electron chi connectivity index (χ3n) is 10.2. The number of Topliss-reactive ketones (excluding diaryl/α,β-unsaturated/α-hetero) is 9. The van der Waals surface area contributed by atoms with Gasteiger partial charge in [0.1, 0.15) is 0 Å². The summed E-state index contributed by atoms with van der Waals surface area (Å²) in [6.07, 6.45) is 6.30. The van der Waals surface area contributed by atoms with E-state index in [1.54, 1.807) is 12.2 Å². The summed E-state index contributed by atoms with van der Waals surface area (Å²) in [4.78, 5) is 135. The van der Waals surface area contributed by atoms with Gasteiger partial charge in [0.05, 0.1) is 12.8 Å². The molecular formula is C37H42O11. The Kier molecular flexibility index (Phi) is 12.7. The fourth-order valence-electron chi connectivity index (χ4n) is 6.06. The molecule has 0 unspecified atom stereocenters. The number of ketones is 11. The van der Waals surface area contributed by atoms with E-state index in [0.717, 1.165) is 49.0 Å². The maximum Gasteiger partial charge on any atom is 0.281 e. The van der Waals surface area contributed by atoms with E-state index in [-0.39, 0.29) is 22.7 Å². The van der Waals surface area contributed by atoms with Gasteiger partial charge in [0.15, 0.2) is 11.6 Å².